The van der Waals surface area contributed by atoms with Crippen molar-refractivity contribution in [2.75, 3.05) is 11.9 Å². The summed E-state index contributed by atoms with van der Waals surface area (Å²) in [4.78, 5) is 23.2. The van der Waals surface area contributed by atoms with Gasteiger partial charge in [0.2, 0.25) is 11.8 Å². The van der Waals surface area contributed by atoms with Crippen LogP contribution in [0.25, 0.3) is 0 Å². The maximum absolute atomic E-state index is 12.0. The summed E-state index contributed by atoms with van der Waals surface area (Å²) < 4.78 is 0. The number of hydrogen-bond acceptors (Lipinski definition) is 3. The van der Waals surface area contributed by atoms with Crippen molar-refractivity contribution in [1.82, 2.24) is 5.32 Å². The number of carbonyl (C=O) groups is 2. The van der Waals surface area contributed by atoms with Crippen LogP contribution in [0.5, 0.6) is 0 Å². The second-order valence-corrected chi connectivity index (χ2v) is 6.08. The van der Waals surface area contributed by atoms with Crippen LogP contribution in [0.1, 0.15) is 48.9 Å². The molecule has 0 radical (unpaired) electrons. The van der Waals surface area contributed by atoms with Gasteiger partial charge in [-0.3, -0.25) is 9.59 Å². The Labute approximate surface area is 135 Å². The quantitative estimate of drug-likeness (QED) is 0.728. The molecular formula is C16H22ClN3O2. The third-order valence-corrected chi connectivity index (χ3v) is 4.24. The van der Waals surface area contributed by atoms with Gasteiger partial charge >= 0.3 is 0 Å². The Kier molecular flexibility index (Phi) is 6.07. The number of rotatable bonds is 5. The standard InChI is InChI=1S/C16H22ClN3O2/c17-13-8-7-11(16(18)22)9-14(13)19-10-15(21)20-12-5-3-1-2-4-6-12/h7-9,12,19H,1-6,10H2,(H2,18,22)(H,20,21). The molecule has 0 unspecified atom stereocenters. The number of halogens is 1. The van der Waals surface area contributed by atoms with Crippen molar-refractivity contribution in [3.63, 3.8) is 0 Å². The van der Waals surface area contributed by atoms with E-state index in [1.165, 1.54) is 25.7 Å². The Hall–Kier alpha value is -1.75. The molecule has 2 rings (SSSR count). The van der Waals surface area contributed by atoms with E-state index in [0.717, 1.165) is 12.8 Å². The molecule has 1 saturated carbocycles. The lowest BCUT2D eigenvalue weighted by Crippen LogP contribution is -2.38. The molecule has 2 amide bonds. The van der Waals surface area contributed by atoms with Crippen LogP contribution in [0.4, 0.5) is 5.69 Å². The van der Waals surface area contributed by atoms with Crippen LogP contribution >= 0.6 is 11.6 Å². The first kappa shape index (κ1) is 16.6. The van der Waals surface area contributed by atoms with Crippen LogP contribution in [-0.4, -0.2) is 24.4 Å². The number of nitrogens with one attached hydrogen (secondary N) is 2. The molecule has 120 valence electrons. The first-order chi connectivity index (χ1) is 10.6. The minimum atomic E-state index is -0.525. The number of anilines is 1. The molecule has 0 spiro atoms. The summed E-state index contributed by atoms with van der Waals surface area (Å²) in [7, 11) is 0. The molecule has 1 aliphatic rings. The van der Waals surface area contributed by atoms with Crippen molar-refractivity contribution in [2.45, 2.75) is 44.6 Å². The summed E-state index contributed by atoms with van der Waals surface area (Å²) in [5.41, 5.74) is 6.13. The van der Waals surface area contributed by atoms with Gasteiger partial charge in [0.1, 0.15) is 0 Å². The van der Waals surface area contributed by atoms with Gasteiger partial charge in [0.25, 0.3) is 0 Å². The van der Waals surface area contributed by atoms with Crippen LogP contribution < -0.4 is 16.4 Å². The average Bonchev–Trinajstić information content (AvgIpc) is 2.74. The highest BCUT2D eigenvalue weighted by Gasteiger charge is 2.15. The highest BCUT2D eigenvalue weighted by Crippen LogP contribution is 2.22. The average molecular weight is 324 g/mol. The molecule has 0 bridgehead atoms. The normalized spacial score (nSPS) is 15.9. The summed E-state index contributed by atoms with van der Waals surface area (Å²) in [6.45, 7) is 0.123. The molecule has 1 aromatic rings. The van der Waals surface area contributed by atoms with Crippen molar-refractivity contribution in [3.8, 4) is 0 Å². The maximum atomic E-state index is 12.0. The van der Waals surface area contributed by atoms with Crippen LogP contribution in [0, 0.1) is 0 Å². The lowest BCUT2D eigenvalue weighted by Gasteiger charge is -2.17. The van der Waals surface area contributed by atoms with Crippen LogP contribution in [0.15, 0.2) is 18.2 Å². The third kappa shape index (κ3) is 4.91. The fourth-order valence-corrected chi connectivity index (χ4v) is 2.88. The van der Waals surface area contributed by atoms with E-state index in [1.807, 2.05) is 0 Å². The summed E-state index contributed by atoms with van der Waals surface area (Å²) >= 11 is 6.05. The first-order valence-electron chi connectivity index (χ1n) is 7.69. The molecule has 1 aliphatic carbocycles. The predicted octanol–water partition coefficient (Wildman–Crippen LogP) is 2.69. The Balaban J connectivity index is 1.87. The van der Waals surface area contributed by atoms with Crippen molar-refractivity contribution in [2.24, 2.45) is 5.73 Å². The van der Waals surface area contributed by atoms with E-state index in [0.29, 0.717) is 16.3 Å². The Morgan fingerprint density at radius 1 is 1.18 bits per heavy atom. The molecule has 0 aliphatic heterocycles. The van der Waals surface area contributed by atoms with E-state index in [9.17, 15) is 9.59 Å². The second-order valence-electron chi connectivity index (χ2n) is 5.67. The van der Waals surface area contributed by atoms with E-state index in [2.05, 4.69) is 10.6 Å². The number of carbonyl (C=O) groups excluding carboxylic acids is 2. The molecule has 22 heavy (non-hydrogen) atoms. The van der Waals surface area contributed by atoms with Crippen LogP contribution in [-0.2, 0) is 4.79 Å². The minimum Gasteiger partial charge on any atom is -0.375 e. The zero-order valence-electron chi connectivity index (χ0n) is 12.5. The third-order valence-electron chi connectivity index (χ3n) is 3.91. The lowest BCUT2D eigenvalue weighted by atomic mass is 10.1. The van der Waals surface area contributed by atoms with Crippen molar-refractivity contribution in [3.05, 3.63) is 28.8 Å². The molecule has 1 fully saturated rings. The molecule has 0 aromatic heterocycles. The summed E-state index contributed by atoms with van der Waals surface area (Å²) in [5.74, 6) is -0.588. The first-order valence-corrected chi connectivity index (χ1v) is 8.06. The van der Waals surface area contributed by atoms with Gasteiger partial charge in [0.15, 0.2) is 0 Å². The van der Waals surface area contributed by atoms with Gasteiger partial charge < -0.3 is 16.4 Å². The highest BCUT2D eigenvalue weighted by molar-refractivity contribution is 6.33. The highest BCUT2D eigenvalue weighted by atomic mass is 35.5. The van der Waals surface area contributed by atoms with Gasteiger partial charge in [0, 0.05) is 11.6 Å². The van der Waals surface area contributed by atoms with Gasteiger partial charge in [-0.25, -0.2) is 0 Å². The number of amides is 2. The Morgan fingerprint density at radius 3 is 2.50 bits per heavy atom. The van der Waals surface area contributed by atoms with E-state index in [4.69, 9.17) is 17.3 Å². The zero-order valence-corrected chi connectivity index (χ0v) is 13.3. The van der Waals surface area contributed by atoms with E-state index >= 15 is 0 Å². The SMILES string of the molecule is NC(=O)c1ccc(Cl)c(NCC(=O)NC2CCCCCC2)c1. The van der Waals surface area contributed by atoms with E-state index in [1.54, 1.807) is 18.2 Å². The molecule has 5 nitrogen and oxygen atoms in total. The largest absolute Gasteiger partial charge is 0.375 e. The van der Waals surface area contributed by atoms with Crippen LogP contribution in [0.2, 0.25) is 5.02 Å². The Bertz CT molecular complexity index is 540. The topological polar surface area (TPSA) is 84.2 Å². The van der Waals surface area contributed by atoms with Gasteiger partial charge in [-0.1, -0.05) is 37.3 Å². The second kappa shape index (κ2) is 8.03. The molecule has 4 N–H and O–H groups in total. The zero-order chi connectivity index (χ0) is 15.9. The molecule has 0 atom stereocenters. The fraction of sp³-hybridized carbons (Fsp3) is 0.500. The number of hydrogen-bond donors (Lipinski definition) is 3. The maximum Gasteiger partial charge on any atom is 0.248 e. The van der Waals surface area contributed by atoms with Gasteiger partial charge in [0.05, 0.1) is 17.3 Å². The van der Waals surface area contributed by atoms with Gasteiger partial charge in [-0.2, -0.15) is 0 Å². The van der Waals surface area contributed by atoms with Gasteiger partial charge in [-0.05, 0) is 31.0 Å². The monoisotopic (exact) mass is 323 g/mol. The molecular weight excluding hydrogens is 302 g/mol. The lowest BCUT2D eigenvalue weighted by molar-refractivity contribution is -0.120. The summed E-state index contributed by atoms with van der Waals surface area (Å²) in [6, 6.07) is 4.97. The number of nitrogens with two attached hydrogens (primary N) is 1. The molecule has 0 saturated heterocycles. The van der Waals surface area contributed by atoms with Gasteiger partial charge in [-0.15, -0.1) is 0 Å². The smallest absolute Gasteiger partial charge is 0.248 e. The number of benzene rings is 1. The number of primary amides is 1. The predicted molar refractivity (Wildman–Crippen MR) is 88.1 cm³/mol. The fourth-order valence-electron chi connectivity index (χ4n) is 2.69. The van der Waals surface area contributed by atoms with E-state index < -0.39 is 5.91 Å². The van der Waals surface area contributed by atoms with Crippen LogP contribution in [0.3, 0.4) is 0 Å². The summed E-state index contributed by atoms with van der Waals surface area (Å²) in [5, 5.41) is 6.46. The van der Waals surface area contributed by atoms with E-state index in [-0.39, 0.29) is 18.5 Å². The molecule has 0 heterocycles. The van der Waals surface area contributed by atoms with Crippen molar-refractivity contribution >= 4 is 29.1 Å². The van der Waals surface area contributed by atoms with Crippen molar-refractivity contribution in [1.29, 1.82) is 0 Å². The molecule has 1 aromatic carbocycles. The molecule has 6 heteroatoms. The minimum absolute atomic E-state index is 0.0626. The summed E-state index contributed by atoms with van der Waals surface area (Å²) in [6.07, 6.45) is 6.93. The Morgan fingerprint density at radius 2 is 1.86 bits per heavy atom. The van der Waals surface area contributed by atoms with Crippen molar-refractivity contribution < 1.29 is 9.59 Å².